The molecule has 0 heterocycles. The van der Waals surface area contributed by atoms with Crippen molar-refractivity contribution in [3.8, 4) is 0 Å². The van der Waals surface area contributed by atoms with E-state index in [1.165, 1.54) is 0 Å². The first-order valence-corrected chi connectivity index (χ1v) is 7.59. The van der Waals surface area contributed by atoms with Gasteiger partial charge in [0, 0.05) is 6.42 Å². The third-order valence-electron chi connectivity index (χ3n) is 2.86. The topological polar surface area (TPSA) is 84.9 Å². The fraction of sp³-hybridized carbons (Fsp3) is 0.529. The summed E-state index contributed by atoms with van der Waals surface area (Å²) in [5, 5.41) is 11.5. The Labute approximate surface area is 136 Å². The molecule has 0 bridgehead atoms. The van der Waals surface area contributed by atoms with Gasteiger partial charge in [-0.25, -0.2) is 4.79 Å². The number of nitrogens with one attached hydrogen (secondary N) is 1. The zero-order valence-electron chi connectivity index (χ0n) is 13.9. The first kappa shape index (κ1) is 19.0. The van der Waals surface area contributed by atoms with Gasteiger partial charge in [0.05, 0.1) is 19.3 Å². The lowest BCUT2D eigenvalue weighted by Crippen LogP contribution is -2.41. The monoisotopic (exact) mass is 323 g/mol. The summed E-state index contributed by atoms with van der Waals surface area (Å²) < 4.78 is 10.8. The molecule has 0 radical (unpaired) electrons. The van der Waals surface area contributed by atoms with Gasteiger partial charge in [-0.1, -0.05) is 30.3 Å². The van der Waals surface area contributed by atoms with Crippen LogP contribution in [0.15, 0.2) is 30.3 Å². The number of carboxylic acids is 1. The molecule has 128 valence electrons. The van der Waals surface area contributed by atoms with E-state index in [0.29, 0.717) is 6.61 Å². The van der Waals surface area contributed by atoms with Crippen LogP contribution in [0.5, 0.6) is 0 Å². The maximum Gasteiger partial charge on any atom is 0.407 e. The van der Waals surface area contributed by atoms with Gasteiger partial charge in [0.2, 0.25) is 0 Å². The van der Waals surface area contributed by atoms with E-state index in [2.05, 4.69) is 5.32 Å². The van der Waals surface area contributed by atoms with Crippen molar-refractivity contribution in [3.63, 3.8) is 0 Å². The number of carbonyl (C=O) groups excluding carboxylic acids is 1. The number of benzene rings is 1. The van der Waals surface area contributed by atoms with E-state index >= 15 is 0 Å². The van der Waals surface area contributed by atoms with Crippen molar-refractivity contribution in [1.82, 2.24) is 5.32 Å². The molecular formula is C17H25NO5. The Morgan fingerprint density at radius 1 is 1.22 bits per heavy atom. The van der Waals surface area contributed by atoms with Crippen molar-refractivity contribution in [1.29, 1.82) is 0 Å². The Morgan fingerprint density at radius 2 is 1.87 bits per heavy atom. The lowest BCUT2D eigenvalue weighted by Gasteiger charge is -2.23. The van der Waals surface area contributed by atoms with Crippen LogP contribution in [0.1, 0.15) is 39.2 Å². The largest absolute Gasteiger partial charge is 0.481 e. The normalized spacial score (nSPS) is 12.5. The minimum Gasteiger partial charge on any atom is -0.481 e. The third kappa shape index (κ3) is 9.52. The zero-order chi connectivity index (χ0) is 17.3. The minimum atomic E-state index is -0.913. The van der Waals surface area contributed by atoms with E-state index < -0.39 is 23.7 Å². The SMILES string of the molecule is CC(C)(C)OC(=O)NC(CCC(=O)O)COCc1ccccc1. The van der Waals surface area contributed by atoms with Crippen molar-refractivity contribution >= 4 is 12.1 Å². The summed E-state index contributed by atoms with van der Waals surface area (Å²) in [6, 6.07) is 9.22. The van der Waals surface area contributed by atoms with E-state index in [0.717, 1.165) is 5.56 Å². The highest BCUT2D eigenvalue weighted by Gasteiger charge is 2.20. The van der Waals surface area contributed by atoms with E-state index in [4.69, 9.17) is 14.6 Å². The number of hydrogen-bond acceptors (Lipinski definition) is 4. The first-order valence-electron chi connectivity index (χ1n) is 7.59. The Morgan fingerprint density at radius 3 is 2.43 bits per heavy atom. The molecule has 6 heteroatoms. The van der Waals surface area contributed by atoms with E-state index in [-0.39, 0.29) is 19.4 Å². The molecule has 0 aliphatic carbocycles. The molecular weight excluding hydrogens is 298 g/mol. The second-order valence-electron chi connectivity index (χ2n) is 6.28. The molecule has 2 N–H and O–H groups in total. The summed E-state index contributed by atoms with van der Waals surface area (Å²) >= 11 is 0. The van der Waals surface area contributed by atoms with Crippen LogP contribution >= 0.6 is 0 Å². The van der Waals surface area contributed by atoms with Crippen molar-refractivity contribution < 1.29 is 24.2 Å². The molecule has 6 nitrogen and oxygen atoms in total. The zero-order valence-corrected chi connectivity index (χ0v) is 13.9. The Hall–Kier alpha value is -2.08. The molecule has 1 aromatic rings. The van der Waals surface area contributed by atoms with E-state index in [9.17, 15) is 9.59 Å². The van der Waals surface area contributed by atoms with Gasteiger partial charge in [-0.15, -0.1) is 0 Å². The molecule has 0 saturated heterocycles. The maximum absolute atomic E-state index is 11.8. The van der Waals surface area contributed by atoms with Crippen LogP contribution in [0.2, 0.25) is 0 Å². The second-order valence-corrected chi connectivity index (χ2v) is 6.28. The van der Waals surface area contributed by atoms with Gasteiger partial charge < -0.3 is 19.9 Å². The van der Waals surface area contributed by atoms with Gasteiger partial charge in [-0.05, 0) is 32.8 Å². The average Bonchev–Trinajstić information content (AvgIpc) is 2.43. The van der Waals surface area contributed by atoms with Gasteiger partial charge in [-0.3, -0.25) is 4.79 Å². The molecule has 1 aromatic carbocycles. The number of ether oxygens (including phenoxy) is 2. The standard InChI is InChI=1S/C17H25NO5/c1-17(2,3)23-16(21)18-14(9-10-15(19)20)12-22-11-13-7-5-4-6-8-13/h4-8,14H,9-12H2,1-3H3,(H,18,21)(H,19,20). The van der Waals surface area contributed by atoms with E-state index in [1.54, 1.807) is 20.8 Å². The molecule has 23 heavy (non-hydrogen) atoms. The smallest absolute Gasteiger partial charge is 0.407 e. The van der Waals surface area contributed by atoms with Gasteiger partial charge >= 0.3 is 12.1 Å². The Balaban J connectivity index is 2.47. The highest BCUT2D eigenvalue weighted by Crippen LogP contribution is 2.08. The van der Waals surface area contributed by atoms with Crippen molar-refractivity contribution in [2.24, 2.45) is 0 Å². The molecule has 0 saturated carbocycles. The molecule has 1 amide bonds. The molecule has 0 fully saturated rings. The summed E-state index contributed by atoms with van der Waals surface area (Å²) in [6.07, 6.45) is -0.338. The van der Waals surface area contributed by atoms with Crippen LogP contribution < -0.4 is 5.32 Å². The number of hydrogen-bond donors (Lipinski definition) is 2. The van der Waals surface area contributed by atoms with Crippen LogP contribution in [-0.4, -0.2) is 35.4 Å². The maximum atomic E-state index is 11.8. The van der Waals surface area contributed by atoms with Crippen molar-refractivity contribution in [2.75, 3.05) is 6.61 Å². The van der Waals surface area contributed by atoms with Gasteiger partial charge in [-0.2, -0.15) is 0 Å². The quantitative estimate of drug-likeness (QED) is 0.768. The Kier molecular flexibility index (Phi) is 7.54. The number of carbonyl (C=O) groups is 2. The molecule has 1 atom stereocenters. The molecule has 0 aliphatic heterocycles. The Bertz CT molecular complexity index is 495. The first-order chi connectivity index (χ1) is 10.8. The van der Waals surface area contributed by atoms with Crippen LogP contribution in [0, 0.1) is 0 Å². The molecule has 0 spiro atoms. The number of amides is 1. The predicted molar refractivity (Wildman–Crippen MR) is 86.1 cm³/mol. The highest BCUT2D eigenvalue weighted by molar-refractivity contribution is 5.69. The fourth-order valence-electron chi connectivity index (χ4n) is 1.86. The van der Waals surface area contributed by atoms with Crippen LogP contribution in [-0.2, 0) is 20.9 Å². The predicted octanol–water partition coefficient (Wildman–Crippen LogP) is 2.96. The molecule has 1 unspecified atom stereocenters. The third-order valence-corrected chi connectivity index (χ3v) is 2.86. The van der Waals surface area contributed by atoms with Crippen molar-refractivity contribution in [2.45, 2.75) is 51.9 Å². The van der Waals surface area contributed by atoms with Crippen LogP contribution in [0.3, 0.4) is 0 Å². The van der Waals surface area contributed by atoms with Crippen LogP contribution in [0.4, 0.5) is 4.79 Å². The van der Waals surface area contributed by atoms with Gasteiger partial charge in [0.15, 0.2) is 0 Å². The molecule has 0 aliphatic rings. The summed E-state index contributed by atoms with van der Waals surface area (Å²) in [5.74, 6) is -0.913. The lowest BCUT2D eigenvalue weighted by atomic mass is 10.1. The number of carboxylic acid groups (broad SMARTS) is 1. The summed E-state index contributed by atoms with van der Waals surface area (Å²) in [7, 11) is 0. The number of rotatable bonds is 8. The minimum absolute atomic E-state index is 0.0465. The average molecular weight is 323 g/mol. The molecule has 1 rings (SSSR count). The highest BCUT2D eigenvalue weighted by atomic mass is 16.6. The van der Waals surface area contributed by atoms with E-state index in [1.807, 2.05) is 30.3 Å². The fourth-order valence-corrected chi connectivity index (χ4v) is 1.86. The summed E-state index contributed by atoms with van der Waals surface area (Å²) in [5.41, 5.74) is 0.411. The van der Waals surface area contributed by atoms with Gasteiger partial charge in [0.25, 0.3) is 0 Å². The molecule has 0 aromatic heterocycles. The van der Waals surface area contributed by atoms with Crippen molar-refractivity contribution in [3.05, 3.63) is 35.9 Å². The number of alkyl carbamates (subject to hydrolysis) is 1. The number of aliphatic carboxylic acids is 1. The van der Waals surface area contributed by atoms with Gasteiger partial charge in [0.1, 0.15) is 5.60 Å². The summed E-state index contributed by atoms with van der Waals surface area (Å²) in [4.78, 5) is 22.5. The summed E-state index contributed by atoms with van der Waals surface area (Å²) in [6.45, 7) is 5.93. The lowest BCUT2D eigenvalue weighted by molar-refractivity contribution is -0.137. The van der Waals surface area contributed by atoms with Crippen LogP contribution in [0.25, 0.3) is 0 Å². The second kappa shape index (κ2) is 9.15.